The molecule has 10 nitrogen and oxygen atoms in total. The first kappa shape index (κ1) is 26.9. The molecule has 2 aromatic carbocycles. The van der Waals surface area contributed by atoms with Gasteiger partial charge in [0.15, 0.2) is 6.61 Å². The van der Waals surface area contributed by atoms with E-state index in [-0.39, 0.29) is 30.6 Å². The van der Waals surface area contributed by atoms with E-state index in [1.54, 1.807) is 31.5 Å². The number of rotatable bonds is 6. The number of methoxy groups -OCH3 is 1. The molecule has 2 N–H and O–H groups in total. The molecule has 2 fully saturated rings. The van der Waals surface area contributed by atoms with Crippen LogP contribution in [-0.4, -0.2) is 67.3 Å². The largest absolute Gasteiger partial charge is 0.493 e. The molecule has 4 heterocycles. The minimum Gasteiger partial charge on any atom is -0.493 e. The monoisotopic (exact) mass is 558 g/mol. The number of nitrogens with one attached hydrogen (secondary N) is 2. The van der Waals surface area contributed by atoms with Crippen LogP contribution >= 0.6 is 0 Å². The number of aromatic nitrogens is 1. The maximum Gasteiger partial charge on any atom is 0.258 e. The minimum atomic E-state index is -0.298. The second-order valence-corrected chi connectivity index (χ2v) is 10.8. The van der Waals surface area contributed by atoms with E-state index in [1.807, 2.05) is 36.4 Å². The molecule has 2 amide bonds. The van der Waals surface area contributed by atoms with Crippen molar-refractivity contribution in [1.29, 1.82) is 0 Å². The van der Waals surface area contributed by atoms with Crippen molar-refractivity contribution >= 4 is 11.8 Å². The lowest BCUT2D eigenvalue weighted by molar-refractivity contribution is -0.123. The summed E-state index contributed by atoms with van der Waals surface area (Å²) in [5.74, 6) is 2.23. The normalized spacial score (nSPS) is 21.1. The molecule has 3 aliphatic heterocycles. The van der Waals surface area contributed by atoms with Crippen molar-refractivity contribution in [3.05, 3.63) is 77.5 Å². The summed E-state index contributed by atoms with van der Waals surface area (Å²) < 4.78 is 23.6. The Morgan fingerprint density at radius 3 is 2.71 bits per heavy atom. The first-order chi connectivity index (χ1) is 20.0. The van der Waals surface area contributed by atoms with E-state index in [0.29, 0.717) is 67.4 Å². The van der Waals surface area contributed by atoms with Gasteiger partial charge in [-0.3, -0.25) is 14.5 Å². The number of benzene rings is 2. The van der Waals surface area contributed by atoms with Crippen LogP contribution in [0.1, 0.15) is 34.3 Å². The summed E-state index contributed by atoms with van der Waals surface area (Å²) in [4.78, 5) is 32.6. The molecule has 1 aliphatic carbocycles. The second kappa shape index (κ2) is 12.1. The lowest BCUT2D eigenvalue weighted by atomic mass is 10.1. The molecular weight excluding hydrogens is 524 g/mol. The summed E-state index contributed by atoms with van der Waals surface area (Å²) in [5, 5.41) is 6.06. The lowest BCUT2D eigenvalue weighted by Crippen LogP contribution is -2.45. The molecule has 4 bridgehead atoms. The number of fused-ring (bicyclic) bond motifs is 7. The van der Waals surface area contributed by atoms with Crippen molar-refractivity contribution in [2.45, 2.75) is 38.1 Å². The highest BCUT2D eigenvalue weighted by atomic mass is 16.5. The minimum absolute atomic E-state index is 0.175. The Morgan fingerprint density at radius 2 is 1.90 bits per heavy atom. The van der Waals surface area contributed by atoms with Crippen molar-refractivity contribution in [2.75, 3.05) is 33.4 Å². The summed E-state index contributed by atoms with van der Waals surface area (Å²) in [6.07, 6.45) is 3.70. The van der Waals surface area contributed by atoms with Gasteiger partial charge >= 0.3 is 0 Å². The Kier molecular flexibility index (Phi) is 7.91. The van der Waals surface area contributed by atoms with Gasteiger partial charge in [0.2, 0.25) is 5.88 Å². The van der Waals surface area contributed by atoms with Gasteiger partial charge in [-0.15, -0.1) is 0 Å². The van der Waals surface area contributed by atoms with Gasteiger partial charge in [-0.05, 0) is 54.7 Å². The highest BCUT2D eigenvalue weighted by Gasteiger charge is 2.36. The average molecular weight is 559 g/mol. The topological polar surface area (TPSA) is 111 Å². The predicted octanol–water partition coefficient (Wildman–Crippen LogP) is 2.95. The fourth-order valence-corrected chi connectivity index (χ4v) is 5.09. The van der Waals surface area contributed by atoms with Gasteiger partial charge < -0.3 is 29.6 Å². The van der Waals surface area contributed by atoms with Crippen molar-refractivity contribution < 1.29 is 28.5 Å². The molecule has 1 aromatic heterocycles. The van der Waals surface area contributed by atoms with Crippen LogP contribution in [0.4, 0.5) is 0 Å². The van der Waals surface area contributed by atoms with Crippen LogP contribution in [0, 0.1) is 5.92 Å². The van der Waals surface area contributed by atoms with Gasteiger partial charge in [-0.2, -0.15) is 0 Å². The average Bonchev–Trinajstić information content (AvgIpc) is 3.75. The van der Waals surface area contributed by atoms with Gasteiger partial charge in [-0.25, -0.2) is 4.98 Å². The molecule has 0 spiro atoms. The van der Waals surface area contributed by atoms with Crippen molar-refractivity contribution in [1.82, 2.24) is 20.5 Å². The quantitative estimate of drug-likeness (QED) is 0.475. The summed E-state index contributed by atoms with van der Waals surface area (Å²) in [7, 11) is 1.61. The van der Waals surface area contributed by atoms with Crippen LogP contribution in [-0.2, 0) is 17.9 Å². The zero-order valence-corrected chi connectivity index (χ0v) is 23.0. The fraction of sp³-hybridized carbons (Fsp3) is 0.387. The second-order valence-electron chi connectivity index (χ2n) is 10.8. The molecule has 2 atom stereocenters. The predicted molar refractivity (Wildman–Crippen MR) is 150 cm³/mol. The van der Waals surface area contributed by atoms with Crippen LogP contribution in [0.5, 0.6) is 23.1 Å². The number of carbonyl (C=O) groups is 2. The SMILES string of the molecule is COc1ncccc1CN1C[C@@H]2NC(=O)c3cc(cc(OCC4CC4)c3)OCC(=O)NCc3ccc(cc3)O[C@H]2C1. The number of nitrogens with zero attached hydrogens (tertiary/aromatic N) is 2. The van der Waals surface area contributed by atoms with Gasteiger partial charge in [0.25, 0.3) is 11.8 Å². The highest BCUT2D eigenvalue weighted by molar-refractivity contribution is 5.95. The van der Waals surface area contributed by atoms with Crippen molar-refractivity contribution in [3.63, 3.8) is 0 Å². The molecule has 214 valence electrons. The molecule has 0 unspecified atom stereocenters. The van der Waals surface area contributed by atoms with Gasteiger partial charge in [0.1, 0.15) is 23.4 Å². The van der Waals surface area contributed by atoms with E-state index < -0.39 is 0 Å². The first-order valence-corrected chi connectivity index (χ1v) is 14.0. The number of amides is 2. The fourth-order valence-electron chi connectivity index (χ4n) is 5.09. The third-order valence-corrected chi connectivity index (χ3v) is 7.49. The number of carbonyl (C=O) groups excluding carboxylic acids is 2. The molecule has 1 saturated heterocycles. The molecule has 7 rings (SSSR count). The van der Waals surface area contributed by atoms with Crippen molar-refractivity contribution in [2.24, 2.45) is 5.92 Å². The van der Waals surface area contributed by atoms with Crippen LogP contribution < -0.4 is 29.6 Å². The summed E-state index contributed by atoms with van der Waals surface area (Å²) >= 11 is 0. The summed E-state index contributed by atoms with van der Waals surface area (Å²) in [6.45, 7) is 2.56. The smallest absolute Gasteiger partial charge is 0.258 e. The molecule has 4 aliphatic rings. The molecular formula is C31H34N4O6. The van der Waals surface area contributed by atoms with Gasteiger partial charge in [0.05, 0.1) is 19.8 Å². The maximum absolute atomic E-state index is 13.6. The van der Waals surface area contributed by atoms with Gasteiger partial charge in [-0.1, -0.05) is 18.2 Å². The van der Waals surface area contributed by atoms with Crippen molar-refractivity contribution in [3.8, 4) is 23.1 Å². The number of ether oxygens (including phenoxy) is 4. The summed E-state index contributed by atoms with van der Waals surface area (Å²) in [6, 6.07) is 16.3. The van der Waals surface area contributed by atoms with E-state index in [1.165, 1.54) is 0 Å². The molecule has 3 aromatic rings. The Labute approximate surface area is 238 Å². The number of hydrogen-bond acceptors (Lipinski definition) is 8. The third-order valence-electron chi connectivity index (χ3n) is 7.49. The van der Waals surface area contributed by atoms with Crippen LogP contribution in [0.15, 0.2) is 60.8 Å². The van der Waals surface area contributed by atoms with E-state index in [4.69, 9.17) is 18.9 Å². The van der Waals surface area contributed by atoms with E-state index in [0.717, 1.165) is 24.0 Å². The summed E-state index contributed by atoms with van der Waals surface area (Å²) in [5.41, 5.74) is 2.30. The van der Waals surface area contributed by atoms with E-state index in [2.05, 4.69) is 20.5 Å². The lowest BCUT2D eigenvalue weighted by Gasteiger charge is -2.22. The highest BCUT2D eigenvalue weighted by Crippen LogP contribution is 2.31. The van der Waals surface area contributed by atoms with Crippen LogP contribution in [0.25, 0.3) is 0 Å². The molecule has 1 saturated carbocycles. The molecule has 10 heteroatoms. The Morgan fingerprint density at radius 1 is 1.05 bits per heavy atom. The standard InChI is InChI=1S/C31H34N4O6/c1-38-31-22(3-2-10-32-31)15-35-16-27-28(17-35)41-24-8-6-20(7-9-24)14-33-29(36)19-40-26-12-23(30(37)34-27)11-25(13-26)39-18-21-4-5-21/h2-3,6-13,21,27-28H,4-5,14-19H2,1H3,(H,33,36)(H,34,37)/t27-,28-/m0/s1. The number of likely N-dealkylation sites (tertiary alicyclic amines) is 1. The Balaban J connectivity index is 1.27. The number of hydrogen-bond donors (Lipinski definition) is 2. The third kappa shape index (κ3) is 6.89. The maximum atomic E-state index is 13.6. The molecule has 0 radical (unpaired) electrons. The molecule has 41 heavy (non-hydrogen) atoms. The van der Waals surface area contributed by atoms with Gasteiger partial charge in [0, 0.05) is 49.6 Å². The Bertz CT molecular complexity index is 1390. The van der Waals surface area contributed by atoms with E-state index in [9.17, 15) is 9.59 Å². The Hall–Kier alpha value is -4.31. The first-order valence-electron chi connectivity index (χ1n) is 14.0. The zero-order chi connectivity index (χ0) is 28.2. The number of pyridine rings is 1. The van der Waals surface area contributed by atoms with Crippen LogP contribution in [0.3, 0.4) is 0 Å². The zero-order valence-electron chi connectivity index (χ0n) is 23.0. The van der Waals surface area contributed by atoms with Crippen LogP contribution in [0.2, 0.25) is 0 Å². The van der Waals surface area contributed by atoms with E-state index >= 15 is 0 Å².